The number of alkyl carbamates (subject to hydrolysis) is 1. The number of amides is 1. The van der Waals surface area contributed by atoms with Crippen LogP contribution in [0.3, 0.4) is 0 Å². The largest absolute Gasteiger partial charge is 0.573 e. The van der Waals surface area contributed by atoms with Crippen molar-refractivity contribution in [1.29, 1.82) is 0 Å². The van der Waals surface area contributed by atoms with Crippen LogP contribution in [-0.2, 0) is 4.74 Å². The van der Waals surface area contributed by atoms with Gasteiger partial charge in [0.15, 0.2) is 0 Å². The Labute approximate surface area is 117 Å². The molecule has 1 aromatic rings. The molecule has 0 bridgehead atoms. The number of hydrogen-bond donors (Lipinski definition) is 1. The molecule has 1 atom stereocenters. The van der Waals surface area contributed by atoms with E-state index >= 15 is 0 Å². The van der Waals surface area contributed by atoms with Crippen molar-refractivity contribution in [2.75, 3.05) is 6.61 Å². The third-order valence-electron chi connectivity index (χ3n) is 2.26. The van der Waals surface area contributed by atoms with E-state index in [1.165, 1.54) is 12.1 Å². The summed E-state index contributed by atoms with van der Waals surface area (Å²) in [5, 5.41) is 2.29. The zero-order valence-corrected chi connectivity index (χ0v) is 10.7. The van der Waals surface area contributed by atoms with Crippen LogP contribution in [0.4, 0.5) is 18.0 Å². The number of carbonyl (C=O) groups is 1. The van der Waals surface area contributed by atoms with Crippen molar-refractivity contribution in [3.05, 3.63) is 28.8 Å². The molecule has 9 heteroatoms. The van der Waals surface area contributed by atoms with Gasteiger partial charge >= 0.3 is 12.5 Å². The standard InChI is InChI=1S/C10H7ClF3NO3.ClH/c11-6-3-5(7-4-17-9(16)15-7)1-2-8(6)18-10(12,13)14;/h1-3,7H,4H2,(H,15,16);1H/t7-;/m0./s1. The molecule has 1 fully saturated rings. The lowest BCUT2D eigenvalue weighted by atomic mass is 10.1. The molecule has 2 rings (SSSR count). The Kier molecular flexibility index (Phi) is 4.75. The summed E-state index contributed by atoms with van der Waals surface area (Å²) in [6.45, 7) is 0.106. The van der Waals surface area contributed by atoms with Crippen LogP contribution in [0.2, 0.25) is 5.02 Å². The Morgan fingerprint density at radius 3 is 2.58 bits per heavy atom. The average Bonchev–Trinajstić information content (AvgIpc) is 2.66. The molecule has 0 radical (unpaired) electrons. The number of carbonyl (C=O) groups excluding carboxylic acids is 1. The summed E-state index contributed by atoms with van der Waals surface area (Å²) in [7, 11) is 0. The summed E-state index contributed by atoms with van der Waals surface area (Å²) in [5.41, 5.74) is 0.542. The van der Waals surface area contributed by atoms with Crippen molar-refractivity contribution in [3.63, 3.8) is 0 Å². The average molecular weight is 318 g/mol. The second kappa shape index (κ2) is 5.75. The van der Waals surface area contributed by atoms with Crippen LogP contribution in [0.1, 0.15) is 11.6 Å². The van der Waals surface area contributed by atoms with E-state index in [2.05, 4.69) is 14.8 Å². The Balaban J connectivity index is 0.00000180. The molecular formula is C10H8Cl2F3NO3. The third-order valence-corrected chi connectivity index (χ3v) is 2.55. The Morgan fingerprint density at radius 2 is 2.11 bits per heavy atom. The number of halogens is 5. The number of rotatable bonds is 2. The molecule has 1 aliphatic heterocycles. The molecule has 4 nitrogen and oxygen atoms in total. The molecule has 1 amide bonds. The fraction of sp³-hybridized carbons (Fsp3) is 0.300. The minimum Gasteiger partial charge on any atom is -0.447 e. The first-order valence-corrected chi connectivity index (χ1v) is 5.21. The number of ether oxygens (including phenoxy) is 2. The highest BCUT2D eigenvalue weighted by Gasteiger charge is 2.32. The Hall–Kier alpha value is -1.34. The molecule has 0 saturated carbocycles. The third kappa shape index (κ3) is 4.07. The van der Waals surface area contributed by atoms with E-state index in [0.29, 0.717) is 5.56 Å². The van der Waals surface area contributed by atoms with E-state index in [4.69, 9.17) is 11.6 Å². The number of benzene rings is 1. The minimum absolute atomic E-state index is 0. The number of nitrogens with one attached hydrogen (secondary N) is 1. The molecule has 19 heavy (non-hydrogen) atoms. The van der Waals surface area contributed by atoms with Crippen LogP contribution in [-0.4, -0.2) is 19.1 Å². The van der Waals surface area contributed by atoms with Gasteiger partial charge in [0, 0.05) is 0 Å². The summed E-state index contributed by atoms with van der Waals surface area (Å²) in [4.78, 5) is 10.8. The van der Waals surface area contributed by atoms with Gasteiger partial charge in [-0.25, -0.2) is 4.79 Å². The fourth-order valence-corrected chi connectivity index (χ4v) is 1.73. The maximum Gasteiger partial charge on any atom is 0.573 e. The second-order valence-corrected chi connectivity index (χ2v) is 3.94. The van der Waals surface area contributed by atoms with Gasteiger partial charge in [-0.15, -0.1) is 25.6 Å². The van der Waals surface area contributed by atoms with Gasteiger partial charge in [-0.3, -0.25) is 0 Å². The number of cyclic esters (lactones) is 1. The zero-order chi connectivity index (χ0) is 13.3. The lowest BCUT2D eigenvalue weighted by Crippen LogP contribution is -2.19. The molecule has 1 heterocycles. The van der Waals surface area contributed by atoms with Crippen LogP contribution in [0, 0.1) is 0 Å². The second-order valence-electron chi connectivity index (χ2n) is 3.53. The maximum atomic E-state index is 12.0. The van der Waals surface area contributed by atoms with Gasteiger partial charge in [0.1, 0.15) is 12.4 Å². The predicted octanol–water partition coefficient (Wildman–Crippen LogP) is 3.44. The predicted molar refractivity (Wildman–Crippen MR) is 62.6 cm³/mol. The topological polar surface area (TPSA) is 47.6 Å². The van der Waals surface area contributed by atoms with Crippen molar-refractivity contribution in [3.8, 4) is 5.75 Å². The molecule has 0 aromatic heterocycles. The summed E-state index contributed by atoms with van der Waals surface area (Å²) >= 11 is 5.67. The van der Waals surface area contributed by atoms with Crippen LogP contribution in [0.25, 0.3) is 0 Å². The Bertz CT molecular complexity index is 482. The lowest BCUT2D eigenvalue weighted by molar-refractivity contribution is -0.274. The first-order valence-electron chi connectivity index (χ1n) is 4.83. The molecular weight excluding hydrogens is 310 g/mol. The highest BCUT2D eigenvalue weighted by molar-refractivity contribution is 6.32. The van der Waals surface area contributed by atoms with E-state index in [1.54, 1.807) is 0 Å². The summed E-state index contributed by atoms with van der Waals surface area (Å²) in [6, 6.07) is 3.35. The lowest BCUT2D eigenvalue weighted by Gasteiger charge is -2.13. The van der Waals surface area contributed by atoms with Crippen molar-refractivity contribution in [2.45, 2.75) is 12.4 Å². The van der Waals surface area contributed by atoms with Crippen LogP contribution >= 0.6 is 24.0 Å². The van der Waals surface area contributed by atoms with E-state index < -0.39 is 24.2 Å². The molecule has 0 aliphatic carbocycles. The van der Waals surface area contributed by atoms with E-state index in [9.17, 15) is 18.0 Å². The van der Waals surface area contributed by atoms with Crippen molar-refractivity contribution >= 4 is 30.1 Å². The van der Waals surface area contributed by atoms with Gasteiger partial charge < -0.3 is 14.8 Å². The molecule has 1 aliphatic rings. The maximum absolute atomic E-state index is 12.0. The van der Waals surface area contributed by atoms with Gasteiger partial charge in [-0.1, -0.05) is 17.7 Å². The first kappa shape index (κ1) is 15.7. The van der Waals surface area contributed by atoms with Gasteiger partial charge in [0.25, 0.3) is 0 Å². The van der Waals surface area contributed by atoms with Crippen molar-refractivity contribution < 1.29 is 27.4 Å². The van der Waals surface area contributed by atoms with Gasteiger partial charge in [-0.2, -0.15) is 0 Å². The molecule has 106 valence electrons. The SMILES string of the molecule is Cl.O=C1N[C@H](c2ccc(OC(F)(F)F)c(Cl)c2)CO1. The fourth-order valence-electron chi connectivity index (χ4n) is 1.51. The van der Waals surface area contributed by atoms with E-state index in [-0.39, 0.29) is 24.0 Å². The molecule has 0 unspecified atom stereocenters. The number of alkyl halides is 3. The summed E-state index contributed by atoms with van der Waals surface area (Å²) in [5.74, 6) is -0.488. The Morgan fingerprint density at radius 1 is 1.42 bits per heavy atom. The molecule has 1 aromatic carbocycles. The smallest absolute Gasteiger partial charge is 0.447 e. The zero-order valence-electron chi connectivity index (χ0n) is 9.16. The summed E-state index contributed by atoms with van der Waals surface area (Å²) in [6.07, 6.45) is -5.37. The van der Waals surface area contributed by atoms with Gasteiger partial charge in [0.05, 0.1) is 11.1 Å². The van der Waals surface area contributed by atoms with Crippen LogP contribution in [0.5, 0.6) is 5.75 Å². The molecule has 1 saturated heterocycles. The quantitative estimate of drug-likeness (QED) is 0.909. The monoisotopic (exact) mass is 317 g/mol. The molecule has 0 spiro atoms. The normalized spacial score (nSPS) is 18.3. The van der Waals surface area contributed by atoms with Gasteiger partial charge in [-0.05, 0) is 17.7 Å². The number of hydrogen-bond acceptors (Lipinski definition) is 3. The van der Waals surface area contributed by atoms with Crippen LogP contribution in [0.15, 0.2) is 18.2 Å². The molecule has 1 N–H and O–H groups in total. The van der Waals surface area contributed by atoms with Gasteiger partial charge in [0.2, 0.25) is 0 Å². The van der Waals surface area contributed by atoms with Crippen LogP contribution < -0.4 is 10.1 Å². The summed E-state index contributed by atoms with van der Waals surface area (Å²) < 4.78 is 44.4. The highest BCUT2D eigenvalue weighted by Crippen LogP contribution is 2.32. The first-order chi connectivity index (χ1) is 8.35. The van der Waals surface area contributed by atoms with E-state index in [1.807, 2.05) is 0 Å². The van der Waals surface area contributed by atoms with E-state index in [0.717, 1.165) is 6.07 Å². The van der Waals surface area contributed by atoms with Crippen molar-refractivity contribution in [2.24, 2.45) is 0 Å². The highest BCUT2D eigenvalue weighted by atomic mass is 35.5. The minimum atomic E-state index is -4.80. The van der Waals surface area contributed by atoms with Crippen molar-refractivity contribution in [1.82, 2.24) is 5.32 Å².